The number of hydrogen-bond donors (Lipinski definition) is 1. The van der Waals surface area contributed by atoms with Gasteiger partial charge in [-0.2, -0.15) is 5.26 Å². The molecule has 0 aromatic heterocycles. The van der Waals surface area contributed by atoms with E-state index >= 15 is 0 Å². The van der Waals surface area contributed by atoms with Gasteiger partial charge in [0.05, 0.1) is 12.5 Å². The Morgan fingerprint density at radius 1 is 1.35 bits per heavy atom. The second kappa shape index (κ2) is 8.21. The molecule has 1 rings (SSSR count). The van der Waals surface area contributed by atoms with Crippen molar-refractivity contribution < 1.29 is 4.79 Å². The van der Waals surface area contributed by atoms with Gasteiger partial charge in [0, 0.05) is 30.9 Å². The van der Waals surface area contributed by atoms with Crippen molar-refractivity contribution in [3.63, 3.8) is 0 Å². The molecule has 0 bridgehead atoms. The Morgan fingerprint density at radius 3 is 2.50 bits per heavy atom. The van der Waals surface area contributed by atoms with E-state index in [-0.39, 0.29) is 5.91 Å². The van der Waals surface area contributed by atoms with Crippen LogP contribution in [-0.2, 0) is 0 Å². The Balaban J connectivity index is 2.79. The second-order valence-electron chi connectivity index (χ2n) is 5.16. The summed E-state index contributed by atoms with van der Waals surface area (Å²) in [5.41, 5.74) is 1.68. The van der Waals surface area contributed by atoms with Crippen LogP contribution in [0.4, 0.5) is 5.69 Å². The molecule has 0 aliphatic carbocycles. The molecule has 0 saturated carbocycles. The van der Waals surface area contributed by atoms with Crippen LogP contribution in [0.15, 0.2) is 24.3 Å². The van der Waals surface area contributed by atoms with Gasteiger partial charge in [0.2, 0.25) is 0 Å². The third kappa shape index (κ3) is 4.93. The van der Waals surface area contributed by atoms with E-state index in [0.717, 1.165) is 12.2 Å². The summed E-state index contributed by atoms with van der Waals surface area (Å²) in [7, 11) is 0. The van der Waals surface area contributed by atoms with Gasteiger partial charge < -0.3 is 10.2 Å². The molecule has 1 aromatic rings. The molecule has 0 saturated heterocycles. The number of anilines is 1. The van der Waals surface area contributed by atoms with Crippen LogP contribution in [0.25, 0.3) is 0 Å². The van der Waals surface area contributed by atoms with Crippen molar-refractivity contribution in [1.82, 2.24) is 4.90 Å². The summed E-state index contributed by atoms with van der Waals surface area (Å²) in [6, 6.07) is 9.59. The summed E-state index contributed by atoms with van der Waals surface area (Å²) in [5.74, 6) is 0.385. The maximum Gasteiger partial charge on any atom is 0.253 e. The van der Waals surface area contributed by atoms with Crippen LogP contribution in [0.2, 0.25) is 0 Å². The molecule has 4 nitrogen and oxygen atoms in total. The fraction of sp³-hybridized carbons (Fsp3) is 0.500. The smallest absolute Gasteiger partial charge is 0.253 e. The molecule has 0 heterocycles. The summed E-state index contributed by atoms with van der Waals surface area (Å²) in [6.07, 6.45) is 0.369. The quantitative estimate of drug-likeness (QED) is 0.830. The zero-order chi connectivity index (χ0) is 15.0. The Bertz CT molecular complexity index is 460. The summed E-state index contributed by atoms with van der Waals surface area (Å²) in [4.78, 5) is 14.2. The highest BCUT2D eigenvalue weighted by Crippen LogP contribution is 2.13. The van der Waals surface area contributed by atoms with Crippen molar-refractivity contribution in [2.75, 3.05) is 25.0 Å². The van der Waals surface area contributed by atoms with Crippen molar-refractivity contribution >= 4 is 11.6 Å². The van der Waals surface area contributed by atoms with E-state index in [1.54, 1.807) is 4.90 Å². The van der Waals surface area contributed by atoms with Crippen molar-refractivity contribution in [3.8, 4) is 6.07 Å². The number of rotatable bonds is 7. The molecule has 0 radical (unpaired) electrons. The predicted molar refractivity (Wildman–Crippen MR) is 81.6 cm³/mol. The first kappa shape index (κ1) is 16.0. The second-order valence-corrected chi connectivity index (χ2v) is 5.16. The van der Waals surface area contributed by atoms with E-state index in [9.17, 15) is 4.79 Å². The number of carbonyl (C=O) groups is 1. The largest absolute Gasteiger partial charge is 0.385 e. The highest BCUT2D eigenvalue weighted by Gasteiger charge is 2.16. The normalized spacial score (nSPS) is 10.2. The van der Waals surface area contributed by atoms with Gasteiger partial charge >= 0.3 is 0 Å². The van der Waals surface area contributed by atoms with Crippen molar-refractivity contribution in [2.24, 2.45) is 5.92 Å². The Morgan fingerprint density at radius 2 is 2.00 bits per heavy atom. The van der Waals surface area contributed by atoms with Gasteiger partial charge in [-0.15, -0.1) is 0 Å². The molecule has 0 atom stereocenters. The number of nitriles is 1. The topological polar surface area (TPSA) is 56.1 Å². The van der Waals surface area contributed by atoms with Crippen molar-refractivity contribution in [2.45, 2.75) is 27.2 Å². The van der Waals surface area contributed by atoms with Crippen LogP contribution in [0.3, 0.4) is 0 Å². The van der Waals surface area contributed by atoms with Crippen LogP contribution in [0.1, 0.15) is 37.6 Å². The van der Waals surface area contributed by atoms with E-state index < -0.39 is 0 Å². The first-order valence-corrected chi connectivity index (χ1v) is 7.08. The minimum Gasteiger partial charge on any atom is -0.385 e. The molecule has 0 aliphatic rings. The lowest BCUT2D eigenvalue weighted by atomic mass is 10.1. The molecule has 108 valence electrons. The van der Waals surface area contributed by atoms with Crippen LogP contribution in [0, 0.1) is 17.2 Å². The fourth-order valence-corrected chi connectivity index (χ4v) is 2.02. The lowest BCUT2D eigenvalue weighted by molar-refractivity contribution is 0.0740. The van der Waals surface area contributed by atoms with Gasteiger partial charge in [0.15, 0.2) is 0 Å². The first-order valence-electron chi connectivity index (χ1n) is 7.08. The number of nitrogens with zero attached hydrogens (tertiary/aromatic N) is 2. The average Bonchev–Trinajstić information content (AvgIpc) is 2.43. The van der Waals surface area contributed by atoms with E-state index in [1.807, 2.05) is 31.2 Å². The molecule has 0 fully saturated rings. The SMILES string of the molecule is CCNc1ccc(C(=O)N(CCC#N)CC(C)C)cc1. The summed E-state index contributed by atoms with van der Waals surface area (Å²) in [5, 5.41) is 11.9. The van der Waals surface area contributed by atoms with E-state index in [1.165, 1.54) is 0 Å². The standard InChI is InChI=1S/C16H23N3O/c1-4-18-15-8-6-14(7-9-15)16(20)19(11-5-10-17)12-13(2)3/h6-9,13,18H,4-5,11-12H2,1-3H3. The molecule has 1 aromatic carbocycles. The van der Waals surface area contributed by atoms with Crippen molar-refractivity contribution in [1.29, 1.82) is 5.26 Å². The highest BCUT2D eigenvalue weighted by molar-refractivity contribution is 5.94. The van der Waals surface area contributed by atoms with Crippen LogP contribution < -0.4 is 5.32 Å². The Kier molecular flexibility index (Phi) is 6.58. The molecule has 0 unspecified atom stereocenters. The van der Waals surface area contributed by atoms with Crippen LogP contribution in [0.5, 0.6) is 0 Å². The Hall–Kier alpha value is -2.02. The monoisotopic (exact) mass is 273 g/mol. The minimum atomic E-state index is -0.00278. The number of benzene rings is 1. The molecule has 20 heavy (non-hydrogen) atoms. The first-order chi connectivity index (χ1) is 9.58. The highest BCUT2D eigenvalue weighted by atomic mass is 16.2. The van der Waals surface area contributed by atoms with Crippen LogP contribution in [-0.4, -0.2) is 30.4 Å². The number of nitrogens with one attached hydrogen (secondary N) is 1. The lowest BCUT2D eigenvalue weighted by Gasteiger charge is -2.23. The van der Waals surface area contributed by atoms with Gasteiger partial charge in [0.1, 0.15) is 0 Å². The molecule has 0 spiro atoms. The van der Waals surface area contributed by atoms with Gasteiger partial charge in [-0.25, -0.2) is 0 Å². The molecular weight excluding hydrogens is 250 g/mol. The van der Waals surface area contributed by atoms with E-state index in [0.29, 0.717) is 31.0 Å². The summed E-state index contributed by atoms with van der Waals surface area (Å²) in [6.45, 7) is 8.19. The summed E-state index contributed by atoms with van der Waals surface area (Å²) < 4.78 is 0. The maximum absolute atomic E-state index is 12.5. The zero-order valence-corrected chi connectivity index (χ0v) is 12.5. The lowest BCUT2D eigenvalue weighted by Crippen LogP contribution is -2.35. The number of carbonyl (C=O) groups excluding carboxylic acids is 1. The number of amides is 1. The summed E-state index contributed by atoms with van der Waals surface area (Å²) >= 11 is 0. The van der Waals surface area contributed by atoms with E-state index in [2.05, 4.69) is 25.2 Å². The van der Waals surface area contributed by atoms with Gasteiger partial charge in [-0.05, 0) is 37.1 Å². The molecule has 0 aliphatic heterocycles. The zero-order valence-electron chi connectivity index (χ0n) is 12.5. The number of hydrogen-bond acceptors (Lipinski definition) is 3. The molecule has 4 heteroatoms. The van der Waals surface area contributed by atoms with Gasteiger partial charge in [0.25, 0.3) is 5.91 Å². The van der Waals surface area contributed by atoms with Gasteiger partial charge in [-0.3, -0.25) is 4.79 Å². The van der Waals surface area contributed by atoms with Crippen LogP contribution >= 0.6 is 0 Å². The van der Waals surface area contributed by atoms with E-state index in [4.69, 9.17) is 5.26 Å². The van der Waals surface area contributed by atoms with Crippen molar-refractivity contribution in [3.05, 3.63) is 29.8 Å². The van der Waals surface area contributed by atoms with Gasteiger partial charge in [-0.1, -0.05) is 13.8 Å². The fourth-order valence-electron chi connectivity index (χ4n) is 2.02. The Labute approximate surface area is 121 Å². The third-order valence-electron chi connectivity index (χ3n) is 2.88. The molecule has 1 amide bonds. The minimum absolute atomic E-state index is 0.00278. The predicted octanol–water partition coefficient (Wildman–Crippen LogP) is 3.13. The molecular formula is C16H23N3O. The third-order valence-corrected chi connectivity index (χ3v) is 2.88. The average molecular weight is 273 g/mol. The maximum atomic E-state index is 12.5. The molecule has 1 N–H and O–H groups in total.